The normalized spacial score (nSPS) is 11.2. The standard InChI is InChI=1S/C18H18O6S/c1-12-4-7-15(8-5-12)25(21,22)24-11-17(20)16-9-6-14(13(2)19)10-18(16)23-3/h4-10H,11H2,1-3H3. The first-order chi connectivity index (χ1) is 11.7. The van der Waals surface area contributed by atoms with Crippen LogP contribution in [-0.4, -0.2) is 33.7 Å². The van der Waals surface area contributed by atoms with Crippen molar-refractivity contribution in [2.24, 2.45) is 0 Å². The van der Waals surface area contributed by atoms with Crippen molar-refractivity contribution in [1.29, 1.82) is 0 Å². The van der Waals surface area contributed by atoms with Crippen LogP contribution in [0.15, 0.2) is 47.4 Å². The maximum absolute atomic E-state index is 12.3. The van der Waals surface area contributed by atoms with Gasteiger partial charge in [0.15, 0.2) is 11.6 Å². The van der Waals surface area contributed by atoms with Gasteiger partial charge in [-0.1, -0.05) is 23.8 Å². The third-order valence-electron chi connectivity index (χ3n) is 3.56. The largest absolute Gasteiger partial charge is 0.496 e. The number of methoxy groups -OCH3 is 1. The van der Waals surface area contributed by atoms with E-state index in [1.807, 2.05) is 6.92 Å². The molecule has 0 radical (unpaired) electrons. The average Bonchev–Trinajstić information content (AvgIpc) is 2.59. The summed E-state index contributed by atoms with van der Waals surface area (Å²) in [5, 5.41) is 0. The molecule has 0 amide bonds. The van der Waals surface area contributed by atoms with E-state index in [4.69, 9.17) is 8.92 Å². The Hall–Kier alpha value is -2.51. The van der Waals surface area contributed by atoms with Crippen molar-refractivity contribution in [2.45, 2.75) is 18.7 Å². The highest BCUT2D eigenvalue weighted by atomic mass is 32.2. The Bertz CT molecular complexity index is 898. The van der Waals surface area contributed by atoms with Crippen molar-refractivity contribution in [3.8, 4) is 5.75 Å². The van der Waals surface area contributed by atoms with E-state index < -0.39 is 22.5 Å². The number of rotatable bonds is 7. The lowest BCUT2D eigenvalue weighted by molar-refractivity contribution is 0.0920. The second kappa shape index (κ2) is 7.58. The second-order valence-electron chi connectivity index (χ2n) is 5.42. The number of aryl methyl sites for hydroxylation is 1. The Morgan fingerprint density at radius 1 is 1.04 bits per heavy atom. The summed E-state index contributed by atoms with van der Waals surface area (Å²) in [4.78, 5) is 23.6. The van der Waals surface area contributed by atoms with Crippen LogP contribution in [0, 0.1) is 6.92 Å². The minimum atomic E-state index is -4.04. The van der Waals surface area contributed by atoms with Crippen molar-refractivity contribution < 1.29 is 26.9 Å². The first-order valence-corrected chi connectivity index (χ1v) is 8.83. The zero-order valence-corrected chi connectivity index (χ0v) is 14.9. The van der Waals surface area contributed by atoms with Gasteiger partial charge < -0.3 is 4.74 Å². The first kappa shape index (κ1) is 18.8. The molecular formula is C18H18O6S. The highest BCUT2D eigenvalue weighted by molar-refractivity contribution is 7.86. The minimum Gasteiger partial charge on any atom is -0.496 e. The fourth-order valence-corrected chi connectivity index (χ4v) is 2.99. The molecule has 2 aromatic rings. The van der Waals surface area contributed by atoms with Gasteiger partial charge in [0.05, 0.1) is 17.6 Å². The van der Waals surface area contributed by atoms with Gasteiger partial charge in [0.2, 0.25) is 0 Å². The van der Waals surface area contributed by atoms with Crippen LogP contribution in [0.25, 0.3) is 0 Å². The fourth-order valence-electron chi connectivity index (χ4n) is 2.12. The molecule has 0 aromatic heterocycles. The van der Waals surface area contributed by atoms with Crippen molar-refractivity contribution in [3.05, 3.63) is 59.2 Å². The summed E-state index contributed by atoms with van der Waals surface area (Å²) in [7, 11) is -2.68. The van der Waals surface area contributed by atoms with Gasteiger partial charge >= 0.3 is 0 Å². The fraction of sp³-hybridized carbons (Fsp3) is 0.222. The van der Waals surface area contributed by atoms with E-state index in [-0.39, 0.29) is 22.0 Å². The molecule has 0 aliphatic rings. The number of benzene rings is 2. The Morgan fingerprint density at radius 2 is 1.68 bits per heavy atom. The second-order valence-corrected chi connectivity index (χ2v) is 7.04. The van der Waals surface area contributed by atoms with Crippen LogP contribution in [0.3, 0.4) is 0 Å². The molecule has 0 unspecified atom stereocenters. The quantitative estimate of drug-likeness (QED) is 0.556. The molecule has 0 aliphatic heterocycles. The maximum atomic E-state index is 12.3. The zero-order valence-electron chi connectivity index (χ0n) is 14.1. The first-order valence-electron chi connectivity index (χ1n) is 7.43. The van der Waals surface area contributed by atoms with Gasteiger partial charge in [-0.05, 0) is 38.1 Å². The van der Waals surface area contributed by atoms with Crippen molar-refractivity contribution in [3.63, 3.8) is 0 Å². The van der Waals surface area contributed by atoms with Gasteiger partial charge in [0, 0.05) is 5.56 Å². The van der Waals surface area contributed by atoms with Crippen LogP contribution in [-0.2, 0) is 14.3 Å². The van der Waals surface area contributed by atoms with E-state index in [1.54, 1.807) is 12.1 Å². The topological polar surface area (TPSA) is 86.7 Å². The summed E-state index contributed by atoms with van der Waals surface area (Å²) in [5.74, 6) is -0.549. The molecule has 0 atom stereocenters. The summed E-state index contributed by atoms with van der Waals surface area (Å²) in [6, 6.07) is 10.4. The highest BCUT2D eigenvalue weighted by Crippen LogP contribution is 2.22. The predicted octanol–water partition coefficient (Wildman–Crippen LogP) is 2.79. The van der Waals surface area contributed by atoms with E-state index in [0.29, 0.717) is 5.56 Å². The summed E-state index contributed by atoms with van der Waals surface area (Å²) in [6.07, 6.45) is 0. The zero-order chi connectivity index (χ0) is 18.6. The minimum absolute atomic E-state index is 0.0233. The average molecular weight is 362 g/mol. The van der Waals surface area contributed by atoms with E-state index in [9.17, 15) is 18.0 Å². The number of ether oxygens (including phenoxy) is 1. The number of hydrogen-bond donors (Lipinski definition) is 0. The van der Waals surface area contributed by atoms with Gasteiger partial charge in [0.25, 0.3) is 10.1 Å². The number of Topliss-reactive ketones (excluding diaryl/α,β-unsaturated/α-hetero) is 2. The van der Waals surface area contributed by atoms with Crippen LogP contribution in [0.2, 0.25) is 0 Å². The lowest BCUT2D eigenvalue weighted by Gasteiger charge is -2.10. The number of carbonyl (C=O) groups excluding carboxylic acids is 2. The molecule has 0 heterocycles. The van der Waals surface area contributed by atoms with Crippen LogP contribution in [0.4, 0.5) is 0 Å². The molecule has 0 spiro atoms. The van der Waals surface area contributed by atoms with Crippen molar-refractivity contribution >= 4 is 21.7 Å². The van der Waals surface area contributed by atoms with Crippen LogP contribution < -0.4 is 4.74 Å². The molecular weight excluding hydrogens is 344 g/mol. The van der Waals surface area contributed by atoms with Crippen LogP contribution >= 0.6 is 0 Å². The van der Waals surface area contributed by atoms with Crippen molar-refractivity contribution in [2.75, 3.05) is 13.7 Å². The molecule has 0 aliphatic carbocycles. The molecule has 25 heavy (non-hydrogen) atoms. The summed E-state index contributed by atoms with van der Waals surface area (Å²) in [5.41, 5.74) is 1.44. The highest BCUT2D eigenvalue weighted by Gasteiger charge is 2.20. The van der Waals surface area contributed by atoms with E-state index in [2.05, 4.69) is 0 Å². The molecule has 7 heteroatoms. The molecule has 0 saturated carbocycles. The van der Waals surface area contributed by atoms with Gasteiger partial charge in [-0.3, -0.25) is 13.8 Å². The number of ketones is 2. The third-order valence-corrected chi connectivity index (χ3v) is 4.84. The number of hydrogen-bond acceptors (Lipinski definition) is 6. The summed E-state index contributed by atoms with van der Waals surface area (Å²) >= 11 is 0. The molecule has 0 N–H and O–H groups in total. The van der Waals surface area contributed by atoms with Crippen molar-refractivity contribution in [1.82, 2.24) is 0 Å². The molecule has 2 rings (SSSR count). The van der Waals surface area contributed by atoms with E-state index >= 15 is 0 Å². The Kier molecular flexibility index (Phi) is 5.71. The molecule has 6 nitrogen and oxygen atoms in total. The number of carbonyl (C=O) groups is 2. The van der Waals surface area contributed by atoms with Crippen LogP contribution in [0.1, 0.15) is 33.2 Å². The summed E-state index contributed by atoms with van der Waals surface area (Å²) < 4.78 is 34.2. The predicted molar refractivity (Wildman–Crippen MR) is 91.6 cm³/mol. The van der Waals surface area contributed by atoms with Gasteiger partial charge in [0.1, 0.15) is 12.4 Å². The SMILES string of the molecule is COc1cc(C(C)=O)ccc1C(=O)COS(=O)(=O)c1ccc(C)cc1. The molecule has 2 aromatic carbocycles. The summed E-state index contributed by atoms with van der Waals surface area (Å²) in [6.45, 7) is 2.57. The Balaban J connectivity index is 2.17. The smallest absolute Gasteiger partial charge is 0.297 e. The molecule has 0 bridgehead atoms. The maximum Gasteiger partial charge on any atom is 0.297 e. The van der Waals surface area contributed by atoms with Gasteiger partial charge in [-0.25, -0.2) is 0 Å². The Labute approximate surface area is 146 Å². The lowest BCUT2D eigenvalue weighted by Crippen LogP contribution is -2.15. The molecule has 0 saturated heterocycles. The molecule has 132 valence electrons. The van der Waals surface area contributed by atoms with E-state index in [1.165, 1.54) is 44.4 Å². The lowest BCUT2D eigenvalue weighted by atomic mass is 10.1. The van der Waals surface area contributed by atoms with E-state index in [0.717, 1.165) is 5.56 Å². The third kappa shape index (κ3) is 4.52. The molecule has 0 fully saturated rings. The van der Waals surface area contributed by atoms with Gasteiger partial charge in [-0.15, -0.1) is 0 Å². The van der Waals surface area contributed by atoms with Crippen LogP contribution in [0.5, 0.6) is 5.75 Å². The monoisotopic (exact) mass is 362 g/mol. The van der Waals surface area contributed by atoms with Gasteiger partial charge in [-0.2, -0.15) is 8.42 Å². The Morgan fingerprint density at radius 3 is 2.24 bits per heavy atom.